The molecule has 24 heavy (non-hydrogen) atoms. The summed E-state index contributed by atoms with van der Waals surface area (Å²) in [6, 6.07) is 8.31. The minimum absolute atomic E-state index is 0.0348. The molecule has 0 saturated heterocycles. The number of benzene rings is 1. The maximum absolute atomic E-state index is 12.2. The molecule has 1 unspecified atom stereocenters. The second kappa shape index (κ2) is 10.7. The minimum atomic E-state index is -0.423. The number of amides is 2. The molecule has 0 aromatic heterocycles. The molecule has 0 bridgehead atoms. The van der Waals surface area contributed by atoms with E-state index >= 15 is 0 Å². The van der Waals surface area contributed by atoms with Crippen LogP contribution in [-0.4, -0.2) is 32.2 Å². The number of carbonyl (C=O) groups is 2. The van der Waals surface area contributed by atoms with E-state index in [4.69, 9.17) is 0 Å². The summed E-state index contributed by atoms with van der Waals surface area (Å²) in [5, 5.41) is 5.56. The Morgan fingerprint density at radius 2 is 1.58 bits per heavy atom. The summed E-state index contributed by atoms with van der Waals surface area (Å²) >= 11 is 0. The average Bonchev–Trinajstić information content (AvgIpc) is 2.56. The smallest absolute Gasteiger partial charge is 0.406 e. The molecular weight excluding hydrogens is 304 g/mol. The van der Waals surface area contributed by atoms with Crippen LogP contribution in [0.15, 0.2) is 24.3 Å². The van der Waals surface area contributed by atoms with Crippen LogP contribution in [0.25, 0.3) is 0 Å². The molecule has 0 aliphatic carbocycles. The predicted molar refractivity (Wildman–Crippen MR) is 96.1 cm³/mol. The lowest BCUT2D eigenvalue weighted by atomic mass is 9.96. The van der Waals surface area contributed by atoms with Gasteiger partial charge < -0.3 is 15.4 Å². The van der Waals surface area contributed by atoms with E-state index in [2.05, 4.69) is 41.4 Å². The number of ether oxygens (including phenoxy) is 1. The predicted octanol–water partition coefficient (Wildman–Crippen LogP) is 3.24. The molecule has 5 nitrogen and oxygen atoms in total. The molecule has 0 aliphatic heterocycles. The zero-order valence-corrected chi connectivity index (χ0v) is 15.2. The monoisotopic (exact) mass is 334 g/mol. The zero-order chi connectivity index (χ0) is 17.9. The average molecular weight is 334 g/mol. The molecule has 5 heteroatoms. The fourth-order valence-corrected chi connectivity index (χ4v) is 2.44. The van der Waals surface area contributed by atoms with E-state index in [1.54, 1.807) is 0 Å². The molecule has 2 N–H and O–H groups in total. The lowest BCUT2D eigenvalue weighted by Crippen LogP contribution is -2.30. The second-order valence-corrected chi connectivity index (χ2v) is 6.48. The Morgan fingerprint density at radius 1 is 1.00 bits per heavy atom. The number of carbonyl (C=O) groups excluding carboxylic acids is 2. The van der Waals surface area contributed by atoms with E-state index in [-0.39, 0.29) is 11.8 Å². The van der Waals surface area contributed by atoms with Crippen LogP contribution in [0.1, 0.15) is 50.7 Å². The van der Waals surface area contributed by atoms with Gasteiger partial charge in [-0.05, 0) is 43.2 Å². The molecular formula is C19H30N2O3. The van der Waals surface area contributed by atoms with E-state index < -0.39 is 6.09 Å². The van der Waals surface area contributed by atoms with Gasteiger partial charge >= 0.3 is 6.09 Å². The number of alkyl carbamates (subject to hydrolysis) is 1. The van der Waals surface area contributed by atoms with Crippen molar-refractivity contribution >= 4 is 12.0 Å². The molecule has 2 amide bonds. The summed E-state index contributed by atoms with van der Waals surface area (Å²) in [6.07, 6.45) is 2.25. The first kappa shape index (κ1) is 20.0. The van der Waals surface area contributed by atoms with E-state index in [1.165, 1.54) is 12.7 Å². The number of hydrogen-bond acceptors (Lipinski definition) is 3. The third-order valence-corrected chi connectivity index (χ3v) is 3.87. The Hall–Kier alpha value is -2.04. The van der Waals surface area contributed by atoms with Crippen LogP contribution in [0.3, 0.4) is 0 Å². The van der Waals surface area contributed by atoms with Crippen LogP contribution in [0.2, 0.25) is 0 Å². The van der Waals surface area contributed by atoms with Crippen molar-refractivity contribution in [3.05, 3.63) is 35.4 Å². The van der Waals surface area contributed by atoms with Crippen LogP contribution in [0, 0.1) is 5.92 Å². The summed E-state index contributed by atoms with van der Waals surface area (Å²) in [7, 11) is 1.34. The van der Waals surface area contributed by atoms with Crippen molar-refractivity contribution in [2.45, 2.75) is 46.0 Å². The summed E-state index contributed by atoms with van der Waals surface area (Å²) in [4.78, 5) is 23.1. The Kier molecular flexibility index (Phi) is 8.90. The number of rotatable bonds is 9. The largest absolute Gasteiger partial charge is 0.453 e. The first-order valence-corrected chi connectivity index (χ1v) is 8.62. The summed E-state index contributed by atoms with van der Waals surface area (Å²) in [5.74, 6) is 0.504. The number of methoxy groups -OCH3 is 1. The zero-order valence-electron chi connectivity index (χ0n) is 15.2. The quantitative estimate of drug-likeness (QED) is 0.681. The van der Waals surface area contributed by atoms with Crippen molar-refractivity contribution in [3.8, 4) is 0 Å². The Bertz CT molecular complexity index is 512. The lowest BCUT2D eigenvalue weighted by Gasteiger charge is -2.14. The topological polar surface area (TPSA) is 67.4 Å². The molecule has 0 fully saturated rings. The maximum atomic E-state index is 12.2. The Morgan fingerprint density at radius 3 is 2.12 bits per heavy atom. The summed E-state index contributed by atoms with van der Waals surface area (Å²) in [5.41, 5.74) is 2.34. The molecule has 1 aromatic rings. The molecule has 0 spiro atoms. The van der Waals surface area contributed by atoms with Crippen LogP contribution in [-0.2, 0) is 16.0 Å². The number of unbranched alkanes of at least 4 members (excludes halogenated alkanes) is 1. The van der Waals surface area contributed by atoms with Crippen molar-refractivity contribution in [1.29, 1.82) is 0 Å². The van der Waals surface area contributed by atoms with Gasteiger partial charge in [0.05, 0.1) is 13.0 Å². The molecule has 1 rings (SSSR count). The van der Waals surface area contributed by atoms with Crippen LogP contribution >= 0.6 is 0 Å². The highest BCUT2D eigenvalue weighted by Crippen LogP contribution is 2.17. The number of nitrogens with one attached hydrogen (secondary N) is 2. The van der Waals surface area contributed by atoms with Crippen molar-refractivity contribution in [1.82, 2.24) is 10.6 Å². The van der Waals surface area contributed by atoms with Crippen LogP contribution in [0.5, 0.6) is 0 Å². The van der Waals surface area contributed by atoms with Crippen molar-refractivity contribution in [2.75, 3.05) is 20.2 Å². The molecule has 0 heterocycles. The van der Waals surface area contributed by atoms with Crippen LogP contribution in [0.4, 0.5) is 4.79 Å². The van der Waals surface area contributed by atoms with Crippen molar-refractivity contribution in [3.63, 3.8) is 0 Å². The van der Waals surface area contributed by atoms with Gasteiger partial charge in [0, 0.05) is 13.1 Å². The van der Waals surface area contributed by atoms with E-state index in [0.717, 1.165) is 24.8 Å². The fraction of sp³-hybridized carbons (Fsp3) is 0.579. The third kappa shape index (κ3) is 7.49. The second-order valence-electron chi connectivity index (χ2n) is 6.48. The van der Waals surface area contributed by atoms with Gasteiger partial charge in [0.15, 0.2) is 0 Å². The lowest BCUT2D eigenvalue weighted by molar-refractivity contribution is -0.122. The van der Waals surface area contributed by atoms with Gasteiger partial charge in [-0.3, -0.25) is 4.79 Å². The Labute approximate surface area is 145 Å². The molecule has 0 aliphatic rings. The first-order valence-electron chi connectivity index (χ1n) is 8.62. The molecule has 0 saturated carbocycles. The van der Waals surface area contributed by atoms with E-state index in [9.17, 15) is 9.59 Å². The standard InChI is InChI=1S/C19H30N2O3/c1-14(2)13-16-7-9-17(10-8-16)15(3)18(22)20-11-5-6-12-21-19(23)24-4/h7-10,14-15H,5-6,11-13H2,1-4H3,(H,20,22)(H,21,23). The summed E-state index contributed by atoms with van der Waals surface area (Å²) in [6.45, 7) is 7.48. The highest BCUT2D eigenvalue weighted by molar-refractivity contribution is 5.83. The fourth-order valence-electron chi connectivity index (χ4n) is 2.44. The van der Waals surface area contributed by atoms with Gasteiger partial charge in [-0.25, -0.2) is 4.79 Å². The van der Waals surface area contributed by atoms with Crippen molar-refractivity contribution in [2.24, 2.45) is 5.92 Å². The molecule has 0 radical (unpaired) electrons. The van der Waals surface area contributed by atoms with Gasteiger partial charge in [0.2, 0.25) is 5.91 Å². The van der Waals surface area contributed by atoms with Gasteiger partial charge in [-0.2, -0.15) is 0 Å². The Balaban J connectivity index is 2.30. The normalized spacial score (nSPS) is 11.9. The van der Waals surface area contributed by atoms with Gasteiger partial charge in [0.1, 0.15) is 0 Å². The highest BCUT2D eigenvalue weighted by atomic mass is 16.5. The maximum Gasteiger partial charge on any atom is 0.406 e. The molecule has 134 valence electrons. The van der Waals surface area contributed by atoms with E-state index in [1.807, 2.05) is 19.1 Å². The third-order valence-electron chi connectivity index (χ3n) is 3.87. The van der Waals surface area contributed by atoms with Gasteiger partial charge in [-0.15, -0.1) is 0 Å². The molecule has 1 aromatic carbocycles. The van der Waals surface area contributed by atoms with Crippen molar-refractivity contribution < 1.29 is 14.3 Å². The number of hydrogen-bond donors (Lipinski definition) is 2. The minimum Gasteiger partial charge on any atom is -0.453 e. The molecule has 1 atom stereocenters. The van der Waals surface area contributed by atoms with Crippen LogP contribution < -0.4 is 10.6 Å². The SMILES string of the molecule is COC(=O)NCCCCNC(=O)C(C)c1ccc(CC(C)C)cc1. The van der Waals surface area contributed by atoms with Gasteiger partial charge in [-0.1, -0.05) is 38.1 Å². The highest BCUT2D eigenvalue weighted by Gasteiger charge is 2.14. The van der Waals surface area contributed by atoms with Gasteiger partial charge in [0.25, 0.3) is 0 Å². The summed E-state index contributed by atoms with van der Waals surface area (Å²) < 4.78 is 4.49. The van der Waals surface area contributed by atoms with E-state index in [0.29, 0.717) is 19.0 Å². The first-order chi connectivity index (χ1) is 11.4.